The molecule has 1 aliphatic heterocycles. The van der Waals surface area contributed by atoms with E-state index in [0.717, 1.165) is 29.4 Å². The minimum absolute atomic E-state index is 0.152. The molecule has 0 saturated carbocycles. The fourth-order valence-corrected chi connectivity index (χ4v) is 2.58. The Hall–Kier alpha value is -2.16. The summed E-state index contributed by atoms with van der Waals surface area (Å²) in [5.74, 6) is 1.84. The Morgan fingerprint density at radius 2 is 1.80 bits per heavy atom. The molecule has 0 N–H and O–H groups in total. The number of para-hydroxylation sites is 4. The van der Waals surface area contributed by atoms with Gasteiger partial charge in [0.2, 0.25) is 0 Å². The van der Waals surface area contributed by atoms with Gasteiger partial charge in [0.15, 0.2) is 0 Å². The smallest absolute Gasteiger partial charge is 0.143 e. The maximum atomic E-state index is 5.90. The van der Waals surface area contributed by atoms with Crippen LogP contribution in [0.2, 0.25) is 0 Å². The third kappa shape index (κ3) is 2.31. The highest BCUT2D eigenvalue weighted by Crippen LogP contribution is 2.41. The zero-order chi connectivity index (χ0) is 13.9. The van der Waals surface area contributed by atoms with Crippen molar-refractivity contribution < 1.29 is 9.47 Å². The first-order valence-corrected chi connectivity index (χ1v) is 7.04. The molecule has 0 amide bonds. The molecule has 1 heterocycles. The van der Waals surface area contributed by atoms with E-state index in [2.05, 4.69) is 24.0 Å². The standard InChI is InChI=1S/C17H19NO2/c1-3-19-16-10-6-4-8-14(16)18-12-13(2)20-17-11-7-5-9-15(17)18/h4-11,13H,3,12H2,1-2H3. The molecule has 3 heteroatoms. The molecule has 0 bridgehead atoms. The van der Waals surface area contributed by atoms with Gasteiger partial charge in [-0.2, -0.15) is 0 Å². The maximum Gasteiger partial charge on any atom is 0.143 e. The van der Waals surface area contributed by atoms with Crippen LogP contribution in [0.3, 0.4) is 0 Å². The lowest BCUT2D eigenvalue weighted by atomic mass is 10.1. The van der Waals surface area contributed by atoms with Crippen molar-refractivity contribution in [1.82, 2.24) is 0 Å². The predicted molar refractivity (Wildman–Crippen MR) is 81.1 cm³/mol. The molecule has 3 nitrogen and oxygen atoms in total. The first kappa shape index (κ1) is 12.9. The fraction of sp³-hybridized carbons (Fsp3) is 0.294. The highest BCUT2D eigenvalue weighted by Gasteiger charge is 2.25. The van der Waals surface area contributed by atoms with E-state index in [9.17, 15) is 0 Å². The van der Waals surface area contributed by atoms with E-state index in [1.54, 1.807) is 0 Å². The fourth-order valence-electron chi connectivity index (χ4n) is 2.58. The van der Waals surface area contributed by atoms with Crippen LogP contribution in [0.25, 0.3) is 0 Å². The number of hydrogen-bond donors (Lipinski definition) is 0. The molecular weight excluding hydrogens is 250 g/mol. The van der Waals surface area contributed by atoms with E-state index in [1.165, 1.54) is 0 Å². The molecule has 0 saturated heterocycles. The van der Waals surface area contributed by atoms with Gasteiger partial charge >= 0.3 is 0 Å². The Bertz CT molecular complexity index is 597. The van der Waals surface area contributed by atoms with Crippen LogP contribution in [0.15, 0.2) is 48.5 Å². The van der Waals surface area contributed by atoms with E-state index < -0.39 is 0 Å². The summed E-state index contributed by atoms with van der Waals surface area (Å²) in [7, 11) is 0. The lowest BCUT2D eigenvalue weighted by Gasteiger charge is -2.35. The molecule has 0 fully saturated rings. The highest BCUT2D eigenvalue weighted by molar-refractivity contribution is 5.74. The second kappa shape index (κ2) is 5.45. The van der Waals surface area contributed by atoms with Crippen LogP contribution in [0.4, 0.5) is 11.4 Å². The number of hydrogen-bond acceptors (Lipinski definition) is 3. The van der Waals surface area contributed by atoms with E-state index in [1.807, 2.05) is 43.3 Å². The number of benzene rings is 2. The van der Waals surface area contributed by atoms with E-state index in [0.29, 0.717) is 6.61 Å². The zero-order valence-electron chi connectivity index (χ0n) is 11.9. The first-order chi connectivity index (χ1) is 9.79. The van der Waals surface area contributed by atoms with Gasteiger partial charge in [-0.3, -0.25) is 0 Å². The number of nitrogens with zero attached hydrogens (tertiary/aromatic N) is 1. The number of rotatable bonds is 3. The van der Waals surface area contributed by atoms with Crippen molar-refractivity contribution in [2.24, 2.45) is 0 Å². The summed E-state index contributed by atoms with van der Waals surface area (Å²) in [6.07, 6.45) is 0.152. The largest absolute Gasteiger partial charge is 0.492 e. The van der Waals surface area contributed by atoms with Crippen LogP contribution in [0.1, 0.15) is 13.8 Å². The van der Waals surface area contributed by atoms with Gasteiger partial charge in [0, 0.05) is 0 Å². The maximum absolute atomic E-state index is 5.90. The molecule has 20 heavy (non-hydrogen) atoms. The van der Waals surface area contributed by atoms with Gasteiger partial charge < -0.3 is 14.4 Å². The van der Waals surface area contributed by atoms with Crippen molar-refractivity contribution in [2.45, 2.75) is 20.0 Å². The van der Waals surface area contributed by atoms with E-state index in [-0.39, 0.29) is 6.10 Å². The lowest BCUT2D eigenvalue weighted by Crippen LogP contribution is -2.35. The van der Waals surface area contributed by atoms with Crippen molar-refractivity contribution >= 4 is 11.4 Å². The first-order valence-electron chi connectivity index (χ1n) is 7.04. The van der Waals surface area contributed by atoms with Crippen LogP contribution in [-0.2, 0) is 0 Å². The van der Waals surface area contributed by atoms with Crippen molar-refractivity contribution in [2.75, 3.05) is 18.1 Å². The Labute approximate surface area is 119 Å². The molecule has 1 unspecified atom stereocenters. The van der Waals surface area contributed by atoms with Gasteiger partial charge in [0.1, 0.15) is 17.6 Å². The van der Waals surface area contributed by atoms with Crippen molar-refractivity contribution in [3.8, 4) is 11.5 Å². The second-order valence-corrected chi connectivity index (χ2v) is 4.91. The number of fused-ring (bicyclic) bond motifs is 1. The molecule has 0 spiro atoms. The zero-order valence-corrected chi connectivity index (χ0v) is 11.9. The SMILES string of the molecule is CCOc1ccccc1N1CC(C)Oc2ccccc21. The minimum Gasteiger partial charge on any atom is -0.492 e. The van der Waals surface area contributed by atoms with Crippen LogP contribution < -0.4 is 14.4 Å². The summed E-state index contributed by atoms with van der Waals surface area (Å²) in [5.41, 5.74) is 2.19. The van der Waals surface area contributed by atoms with Gasteiger partial charge in [-0.25, -0.2) is 0 Å². The van der Waals surface area contributed by atoms with Gasteiger partial charge in [0.25, 0.3) is 0 Å². The number of ether oxygens (including phenoxy) is 2. The van der Waals surface area contributed by atoms with Crippen LogP contribution in [-0.4, -0.2) is 19.3 Å². The quantitative estimate of drug-likeness (QED) is 0.840. The summed E-state index contributed by atoms with van der Waals surface area (Å²) < 4.78 is 11.7. The molecule has 0 aliphatic carbocycles. The minimum atomic E-state index is 0.152. The Morgan fingerprint density at radius 1 is 1.10 bits per heavy atom. The van der Waals surface area contributed by atoms with Gasteiger partial charge in [-0.15, -0.1) is 0 Å². The average molecular weight is 269 g/mol. The monoisotopic (exact) mass is 269 g/mol. The third-order valence-corrected chi connectivity index (χ3v) is 3.38. The van der Waals surface area contributed by atoms with Crippen molar-refractivity contribution in [1.29, 1.82) is 0 Å². The van der Waals surface area contributed by atoms with E-state index >= 15 is 0 Å². The van der Waals surface area contributed by atoms with Crippen molar-refractivity contribution in [3.63, 3.8) is 0 Å². The van der Waals surface area contributed by atoms with Gasteiger partial charge in [-0.1, -0.05) is 24.3 Å². The molecule has 104 valence electrons. The van der Waals surface area contributed by atoms with Crippen LogP contribution >= 0.6 is 0 Å². The normalized spacial score (nSPS) is 17.3. The van der Waals surface area contributed by atoms with Gasteiger partial charge in [0.05, 0.1) is 24.5 Å². The van der Waals surface area contributed by atoms with Crippen molar-refractivity contribution in [3.05, 3.63) is 48.5 Å². The van der Waals surface area contributed by atoms with Crippen LogP contribution in [0, 0.1) is 0 Å². The molecule has 3 rings (SSSR count). The summed E-state index contributed by atoms with van der Waals surface area (Å²) in [6, 6.07) is 16.3. The molecule has 1 aliphatic rings. The Morgan fingerprint density at radius 3 is 2.60 bits per heavy atom. The third-order valence-electron chi connectivity index (χ3n) is 3.38. The average Bonchev–Trinajstić information content (AvgIpc) is 2.47. The predicted octanol–water partition coefficient (Wildman–Crippen LogP) is 4.00. The molecular formula is C17H19NO2. The van der Waals surface area contributed by atoms with E-state index in [4.69, 9.17) is 9.47 Å². The molecule has 2 aromatic carbocycles. The summed E-state index contributed by atoms with van der Waals surface area (Å²) >= 11 is 0. The molecule has 0 aromatic heterocycles. The Kier molecular flexibility index (Phi) is 3.50. The lowest BCUT2D eigenvalue weighted by molar-refractivity contribution is 0.217. The van der Waals surface area contributed by atoms with Crippen LogP contribution in [0.5, 0.6) is 11.5 Å². The summed E-state index contributed by atoms with van der Waals surface area (Å²) in [5, 5.41) is 0. The summed E-state index contributed by atoms with van der Waals surface area (Å²) in [6.45, 7) is 5.58. The second-order valence-electron chi connectivity index (χ2n) is 4.91. The summed E-state index contributed by atoms with van der Waals surface area (Å²) in [4.78, 5) is 2.27. The number of anilines is 2. The topological polar surface area (TPSA) is 21.7 Å². The van der Waals surface area contributed by atoms with Gasteiger partial charge in [-0.05, 0) is 38.1 Å². The molecule has 1 atom stereocenters. The molecule has 2 aromatic rings. The molecule has 0 radical (unpaired) electrons. The Balaban J connectivity index is 2.06. The highest BCUT2D eigenvalue weighted by atomic mass is 16.5.